The molecule has 2 unspecified atom stereocenters. The van der Waals surface area contributed by atoms with Crippen molar-refractivity contribution < 1.29 is 19.0 Å². The fourth-order valence-corrected chi connectivity index (χ4v) is 1.80. The average Bonchev–Trinajstić information content (AvgIpc) is 2.85. The largest absolute Gasteiger partial charge is 0.379 e. The lowest BCUT2D eigenvalue weighted by atomic mass is 10.2. The van der Waals surface area contributed by atoms with Crippen molar-refractivity contribution in [2.45, 2.75) is 44.8 Å². The van der Waals surface area contributed by atoms with E-state index in [1.807, 2.05) is 0 Å². The Bertz CT molecular complexity index is 238. The van der Waals surface area contributed by atoms with E-state index < -0.39 is 6.10 Å². The summed E-state index contributed by atoms with van der Waals surface area (Å²) in [5.74, 6) is 4.79. The topological polar surface area (TPSA) is 82.8 Å². The summed E-state index contributed by atoms with van der Waals surface area (Å²) in [6, 6.07) is 0. The molecule has 0 saturated carbocycles. The van der Waals surface area contributed by atoms with Gasteiger partial charge in [-0.1, -0.05) is 13.3 Å². The number of amides is 1. The number of nitrogens with one attached hydrogen (secondary N) is 1. The van der Waals surface area contributed by atoms with Gasteiger partial charge in [-0.05, 0) is 19.3 Å². The van der Waals surface area contributed by atoms with Gasteiger partial charge in [0.1, 0.15) is 6.10 Å². The molecule has 1 saturated heterocycles. The first-order valence-electron chi connectivity index (χ1n) is 6.59. The maximum Gasteiger partial charge on any atom is 0.263 e. The van der Waals surface area contributed by atoms with Crippen molar-refractivity contribution in [3.05, 3.63) is 0 Å². The minimum Gasteiger partial charge on any atom is -0.379 e. The molecule has 0 aliphatic carbocycles. The zero-order valence-electron chi connectivity index (χ0n) is 11.0. The highest BCUT2D eigenvalue weighted by atomic mass is 16.6. The molecule has 18 heavy (non-hydrogen) atoms. The molecule has 106 valence electrons. The summed E-state index contributed by atoms with van der Waals surface area (Å²) in [7, 11) is 0. The number of hydrogen-bond donors (Lipinski definition) is 2. The first kappa shape index (κ1) is 15.4. The molecule has 0 bridgehead atoms. The van der Waals surface area contributed by atoms with Gasteiger partial charge >= 0.3 is 0 Å². The molecule has 0 aromatic rings. The Morgan fingerprint density at radius 3 is 2.83 bits per heavy atom. The molecule has 6 nitrogen and oxygen atoms in total. The maximum absolute atomic E-state index is 11.2. The van der Waals surface area contributed by atoms with Crippen molar-refractivity contribution in [3.8, 4) is 0 Å². The van der Waals surface area contributed by atoms with Crippen molar-refractivity contribution in [2.24, 2.45) is 5.84 Å². The number of carbonyl (C=O) groups excluding carboxylic acids is 1. The third kappa shape index (κ3) is 5.77. The first-order chi connectivity index (χ1) is 8.77. The molecule has 1 rings (SSSR count). The summed E-state index contributed by atoms with van der Waals surface area (Å²) in [5.41, 5.74) is 2.10. The lowest BCUT2D eigenvalue weighted by Gasteiger charge is -2.13. The highest BCUT2D eigenvalue weighted by Gasteiger charge is 2.30. The predicted molar refractivity (Wildman–Crippen MR) is 66.8 cm³/mol. The van der Waals surface area contributed by atoms with Crippen LogP contribution in [0.5, 0.6) is 0 Å². The molecule has 2 atom stereocenters. The van der Waals surface area contributed by atoms with Crippen LogP contribution in [0.3, 0.4) is 0 Å². The molecule has 1 fully saturated rings. The molecular weight excluding hydrogens is 236 g/mol. The summed E-state index contributed by atoms with van der Waals surface area (Å²) < 4.78 is 16.3. The molecular formula is C12H24N2O4. The molecule has 3 N–H and O–H groups in total. The molecule has 0 aromatic carbocycles. The van der Waals surface area contributed by atoms with Crippen LogP contribution in [0.15, 0.2) is 0 Å². The number of nitrogens with two attached hydrogens (primary N) is 1. The summed E-state index contributed by atoms with van der Waals surface area (Å²) in [6.07, 6.45) is 3.31. The molecule has 1 aliphatic rings. The maximum atomic E-state index is 11.2. The second-order valence-corrected chi connectivity index (χ2v) is 4.37. The fourth-order valence-electron chi connectivity index (χ4n) is 1.80. The highest BCUT2D eigenvalue weighted by Crippen LogP contribution is 2.19. The number of carbonyl (C=O) groups is 1. The van der Waals surface area contributed by atoms with Crippen LogP contribution in [0, 0.1) is 0 Å². The summed E-state index contributed by atoms with van der Waals surface area (Å²) >= 11 is 0. The highest BCUT2D eigenvalue weighted by molar-refractivity contribution is 5.80. The van der Waals surface area contributed by atoms with E-state index in [1.165, 1.54) is 0 Å². The molecule has 6 heteroatoms. The Morgan fingerprint density at radius 1 is 1.33 bits per heavy atom. The standard InChI is InChI=1S/C12H24N2O4/c1-2-3-6-16-7-8-17-9-10-4-5-11(18-10)12(15)14-13/h10-11H,2-9,13H2,1H3,(H,14,15). The van der Waals surface area contributed by atoms with Gasteiger partial charge in [0, 0.05) is 6.61 Å². The molecule has 0 spiro atoms. The van der Waals surface area contributed by atoms with Crippen LogP contribution in [0.4, 0.5) is 0 Å². The Hall–Kier alpha value is -0.690. The number of hydrogen-bond acceptors (Lipinski definition) is 5. The van der Waals surface area contributed by atoms with Crippen LogP contribution >= 0.6 is 0 Å². The van der Waals surface area contributed by atoms with E-state index in [1.54, 1.807) is 0 Å². The lowest BCUT2D eigenvalue weighted by Crippen LogP contribution is -2.39. The van der Waals surface area contributed by atoms with Gasteiger partial charge in [-0.25, -0.2) is 5.84 Å². The van der Waals surface area contributed by atoms with Gasteiger partial charge in [-0.15, -0.1) is 0 Å². The number of rotatable bonds is 9. The quantitative estimate of drug-likeness (QED) is 0.271. The molecule has 1 heterocycles. The van der Waals surface area contributed by atoms with E-state index >= 15 is 0 Å². The summed E-state index contributed by atoms with van der Waals surface area (Å²) in [4.78, 5) is 11.2. The average molecular weight is 260 g/mol. The van der Waals surface area contributed by atoms with E-state index in [-0.39, 0.29) is 12.0 Å². The van der Waals surface area contributed by atoms with Gasteiger partial charge < -0.3 is 14.2 Å². The zero-order chi connectivity index (χ0) is 13.2. The first-order valence-corrected chi connectivity index (χ1v) is 6.59. The number of ether oxygens (including phenoxy) is 3. The van der Waals surface area contributed by atoms with Crippen molar-refractivity contribution in [1.29, 1.82) is 0 Å². The second-order valence-electron chi connectivity index (χ2n) is 4.37. The van der Waals surface area contributed by atoms with Crippen LogP contribution in [0.1, 0.15) is 32.6 Å². The number of unbranched alkanes of at least 4 members (excludes halogenated alkanes) is 1. The normalized spacial score (nSPS) is 23.2. The third-order valence-electron chi connectivity index (χ3n) is 2.86. The van der Waals surface area contributed by atoms with Gasteiger partial charge in [0.15, 0.2) is 0 Å². The van der Waals surface area contributed by atoms with Crippen LogP contribution < -0.4 is 11.3 Å². The molecule has 1 amide bonds. The second kappa shape index (κ2) is 9.27. The van der Waals surface area contributed by atoms with Crippen molar-refractivity contribution in [1.82, 2.24) is 5.43 Å². The Morgan fingerprint density at radius 2 is 2.11 bits per heavy atom. The van der Waals surface area contributed by atoms with Crippen molar-refractivity contribution in [3.63, 3.8) is 0 Å². The Balaban J connectivity index is 1.96. The fraction of sp³-hybridized carbons (Fsp3) is 0.917. The van der Waals surface area contributed by atoms with Gasteiger partial charge in [0.05, 0.1) is 25.9 Å². The van der Waals surface area contributed by atoms with Gasteiger partial charge in [-0.3, -0.25) is 10.2 Å². The zero-order valence-corrected chi connectivity index (χ0v) is 11.0. The third-order valence-corrected chi connectivity index (χ3v) is 2.86. The molecule has 0 radical (unpaired) electrons. The van der Waals surface area contributed by atoms with E-state index in [0.717, 1.165) is 25.9 Å². The molecule has 0 aromatic heterocycles. The van der Waals surface area contributed by atoms with Gasteiger partial charge in [-0.2, -0.15) is 0 Å². The van der Waals surface area contributed by atoms with Crippen LogP contribution in [-0.2, 0) is 19.0 Å². The Kier molecular flexibility index (Phi) is 7.91. The lowest BCUT2D eigenvalue weighted by molar-refractivity contribution is -0.133. The van der Waals surface area contributed by atoms with Gasteiger partial charge in [0.2, 0.25) is 0 Å². The predicted octanol–water partition coefficient (Wildman–Crippen LogP) is 0.357. The SMILES string of the molecule is CCCCOCCOCC1CCC(C(=O)NN)O1. The minimum absolute atomic E-state index is 0.0112. The van der Waals surface area contributed by atoms with E-state index in [9.17, 15) is 4.79 Å². The Labute approximate surface area is 108 Å². The van der Waals surface area contributed by atoms with Gasteiger partial charge in [0.25, 0.3) is 5.91 Å². The summed E-state index contributed by atoms with van der Waals surface area (Å²) in [5, 5.41) is 0. The smallest absolute Gasteiger partial charge is 0.263 e. The van der Waals surface area contributed by atoms with Crippen LogP contribution in [-0.4, -0.2) is 44.5 Å². The van der Waals surface area contributed by atoms with Crippen molar-refractivity contribution in [2.75, 3.05) is 26.4 Å². The minimum atomic E-state index is -0.426. The number of hydrazine groups is 1. The van der Waals surface area contributed by atoms with Crippen LogP contribution in [0.2, 0.25) is 0 Å². The van der Waals surface area contributed by atoms with E-state index in [4.69, 9.17) is 20.1 Å². The van der Waals surface area contributed by atoms with E-state index in [0.29, 0.717) is 26.2 Å². The monoisotopic (exact) mass is 260 g/mol. The summed E-state index contributed by atoms with van der Waals surface area (Å²) in [6.45, 7) is 4.60. The molecule has 1 aliphatic heterocycles. The van der Waals surface area contributed by atoms with Crippen molar-refractivity contribution >= 4 is 5.91 Å². The van der Waals surface area contributed by atoms with Crippen LogP contribution in [0.25, 0.3) is 0 Å². The van der Waals surface area contributed by atoms with E-state index in [2.05, 4.69) is 12.3 Å².